The Labute approximate surface area is 114 Å². The molecule has 0 saturated heterocycles. The topological polar surface area (TPSA) is 37.3 Å². The molecule has 1 atom stereocenters. The number of carbonyl (C=O) groups is 1. The first-order valence-corrected chi connectivity index (χ1v) is 5.11. The van der Waals surface area contributed by atoms with Crippen LogP contribution in [0.3, 0.4) is 0 Å². The minimum atomic E-state index is -1.08. The van der Waals surface area contributed by atoms with Crippen LogP contribution in [0.5, 0.6) is 0 Å². The molecule has 0 aliphatic rings. The molecule has 17 heavy (non-hydrogen) atoms. The first-order valence-electron chi connectivity index (χ1n) is 5.11. The Morgan fingerprint density at radius 1 is 0.941 bits per heavy atom. The van der Waals surface area contributed by atoms with E-state index in [1.807, 2.05) is 12.1 Å². The van der Waals surface area contributed by atoms with Crippen molar-refractivity contribution in [3.63, 3.8) is 0 Å². The monoisotopic (exact) mass is 220 g/mol. The second-order valence-electron chi connectivity index (χ2n) is 3.54. The Morgan fingerprint density at radius 3 is 1.94 bits per heavy atom. The molecule has 0 bridgehead atoms. The van der Waals surface area contributed by atoms with E-state index < -0.39 is 6.10 Å². The number of aliphatic hydroxyl groups excluding tert-OH is 1. The Bertz CT molecular complexity index is 474. The van der Waals surface area contributed by atoms with Crippen LogP contribution in [0.15, 0.2) is 60.7 Å². The standard InChI is InChI=1S/C14H12O2.Li.H/c15-13(11-7-3-1-4-8-11)14(16)12-9-5-2-6-10-12;;/h1-10,13,15H;;/q;+1;-1. The van der Waals surface area contributed by atoms with Crippen LogP contribution in [-0.2, 0) is 0 Å². The first kappa shape index (κ1) is 13.7. The van der Waals surface area contributed by atoms with Crippen molar-refractivity contribution in [2.24, 2.45) is 0 Å². The maximum atomic E-state index is 11.9. The molecule has 0 radical (unpaired) electrons. The molecule has 2 rings (SSSR count). The van der Waals surface area contributed by atoms with Gasteiger partial charge in [0, 0.05) is 5.56 Å². The van der Waals surface area contributed by atoms with Crippen molar-refractivity contribution in [1.29, 1.82) is 0 Å². The van der Waals surface area contributed by atoms with Crippen molar-refractivity contribution in [2.45, 2.75) is 6.10 Å². The third-order valence-corrected chi connectivity index (χ3v) is 2.42. The molecule has 1 unspecified atom stereocenters. The summed E-state index contributed by atoms with van der Waals surface area (Å²) in [5, 5.41) is 9.89. The Morgan fingerprint density at radius 2 is 1.41 bits per heavy atom. The quantitative estimate of drug-likeness (QED) is 0.570. The summed E-state index contributed by atoms with van der Waals surface area (Å²) in [6, 6.07) is 17.7. The van der Waals surface area contributed by atoms with Crippen LogP contribution in [0.25, 0.3) is 0 Å². The van der Waals surface area contributed by atoms with Gasteiger partial charge in [-0.1, -0.05) is 60.7 Å². The minimum Gasteiger partial charge on any atom is -1.00 e. The van der Waals surface area contributed by atoms with E-state index >= 15 is 0 Å². The summed E-state index contributed by atoms with van der Waals surface area (Å²) < 4.78 is 0. The molecule has 0 aliphatic carbocycles. The molecular formula is C14H13LiO2. The third-order valence-electron chi connectivity index (χ3n) is 2.42. The van der Waals surface area contributed by atoms with E-state index in [4.69, 9.17) is 0 Å². The van der Waals surface area contributed by atoms with Gasteiger partial charge < -0.3 is 6.53 Å². The van der Waals surface area contributed by atoms with Gasteiger partial charge in [0.05, 0.1) is 0 Å². The van der Waals surface area contributed by atoms with Crippen LogP contribution in [0, 0.1) is 0 Å². The summed E-state index contributed by atoms with van der Waals surface area (Å²) in [7, 11) is 0. The third kappa shape index (κ3) is 3.31. The van der Waals surface area contributed by atoms with Crippen molar-refractivity contribution >= 4 is 5.78 Å². The fraction of sp³-hybridized carbons (Fsp3) is 0.0714. The van der Waals surface area contributed by atoms with E-state index in [-0.39, 0.29) is 26.1 Å². The van der Waals surface area contributed by atoms with Gasteiger partial charge in [-0.2, -0.15) is 0 Å². The Kier molecular flexibility index (Phi) is 5.18. The summed E-state index contributed by atoms with van der Waals surface area (Å²) in [4.78, 5) is 11.9. The van der Waals surface area contributed by atoms with Crippen LogP contribution in [0.2, 0.25) is 0 Å². The Balaban J connectivity index is 0.00000144. The molecule has 0 saturated carbocycles. The molecule has 0 spiro atoms. The number of hydrogen-bond donors (Lipinski definition) is 1. The molecule has 0 amide bonds. The van der Waals surface area contributed by atoms with Crippen molar-refractivity contribution < 1.29 is 30.2 Å². The average Bonchev–Trinajstić information content (AvgIpc) is 2.39. The maximum Gasteiger partial charge on any atom is 1.00 e. The van der Waals surface area contributed by atoms with Gasteiger partial charge in [-0.3, -0.25) is 4.79 Å². The zero-order valence-electron chi connectivity index (χ0n) is 10.7. The van der Waals surface area contributed by atoms with Gasteiger partial charge >= 0.3 is 18.9 Å². The number of rotatable bonds is 3. The van der Waals surface area contributed by atoms with Crippen LogP contribution < -0.4 is 18.9 Å². The molecule has 3 heteroatoms. The van der Waals surface area contributed by atoms with E-state index in [1.165, 1.54) is 0 Å². The summed E-state index contributed by atoms with van der Waals surface area (Å²) in [6.07, 6.45) is -1.08. The predicted octanol–water partition coefficient (Wildman–Crippen LogP) is -0.281. The number of benzene rings is 2. The van der Waals surface area contributed by atoms with E-state index in [2.05, 4.69) is 0 Å². The number of hydrogen-bond acceptors (Lipinski definition) is 2. The van der Waals surface area contributed by atoms with E-state index in [9.17, 15) is 9.90 Å². The van der Waals surface area contributed by atoms with Crippen molar-refractivity contribution in [3.05, 3.63) is 71.8 Å². The van der Waals surface area contributed by atoms with Crippen molar-refractivity contribution in [1.82, 2.24) is 0 Å². The van der Waals surface area contributed by atoms with Crippen LogP contribution >= 0.6 is 0 Å². The van der Waals surface area contributed by atoms with Gasteiger partial charge in [-0.25, -0.2) is 0 Å². The van der Waals surface area contributed by atoms with Crippen LogP contribution in [0.4, 0.5) is 0 Å². The largest absolute Gasteiger partial charge is 1.00 e. The zero-order valence-corrected chi connectivity index (χ0v) is 9.71. The van der Waals surface area contributed by atoms with Crippen LogP contribution in [0.1, 0.15) is 23.5 Å². The van der Waals surface area contributed by atoms with E-state index in [1.54, 1.807) is 48.5 Å². The van der Waals surface area contributed by atoms with Gasteiger partial charge in [0.2, 0.25) is 0 Å². The fourth-order valence-corrected chi connectivity index (χ4v) is 1.55. The second-order valence-corrected chi connectivity index (χ2v) is 3.54. The van der Waals surface area contributed by atoms with Crippen molar-refractivity contribution in [3.8, 4) is 0 Å². The first-order chi connectivity index (χ1) is 7.79. The molecule has 82 valence electrons. The number of carbonyl (C=O) groups excluding carboxylic acids is 1. The van der Waals surface area contributed by atoms with Gasteiger partial charge in [-0.15, -0.1) is 0 Å². The van der Waals surface area contributed by atoms with Gasteiger partial charge in [0.1, 0.15) is 6.10 Å². The molecule has 2 nitrogen and oxygen atoms in total. The van der Waals surface area contributed by atoms with Gasteiger partial charge in [0.25, 0.3) is 0 Å². The molecule has 0 heterocycles. The minimum absolute atomic E-state index is 0. The number of ketones is 1. The Hall–Kier alpha value is -1.33. The zero-order chi connectivity index (χ0) is 11.4. The summed E-state index contributed by atoms with van der Waals surface area (Å²) >= 11 is 0. The van der Waals surface area contributed by atoms with E-state index in [0.717, 1.165) is 0 Å². The second kappa shape index (κ2) is 6.41. The van der Waals surface area contributed by atoms with Gasteiger partial charge in [-0.05, 0) is 5.56 Å². The molecule has 0 fully saturated rings. The fourth-order valence-electron chi connectivity index (χ4n) is 1.55. The smallest absolute Gasteiger partial charge is 1.00 e. The molecule has 0 aliphatic heterocycles. The number of Topliss-reactive ketones (excluding diaryl/α,β-unsaturated/α-hetero) is 1. The molecule has 0 aromatic heterocycles. The summed E-state index contributed by atoms with van der Waals surface area (Å²) in [6.45, 7) is 0. The molecule has 2 aromatic carbocycles. The molecular weight excluding hydrogens is 207 g/mol. The summed E-state index contributed by atoms with van der Waals surface area (Å²) in [5.41, 5.74) is 1.15. The SMILES string of the molecule is O=C(c1ccccc1)C(O)c1ccccc1.[H-].[Li+]. The maximum absolute atomic E-state index is 11.9. The predicted molar refractivity (Wildman–Crippen MR) is 63.3 cm³/mol. The van der Waals surface area contributed by atoms with Gasteiger partial charge in [0.15, 0.2) is 5.78 Å². The molecule has 1 N–H and O–H groups in total. The normalized spacial score (nSPS) is 11.4. The van der Waals surface area contributed by atoms with Crippen LogP contribution in [-0.4, -0.2) is 10.9 Å². The summed E-state index contributed by atoms with van der Waals surface area (Å²) in [5.74, 6) is -0.271. The average molecular weight is 220 g/mol. The number of aliphatic hydroxyl groups is 1. The van der Waals surface area contributed by atoms with E-state index in [0.29, 0.717) is 11.1 Å². The van der Waals surface area contributed by atoms with Crippen molar-refractivity contribution in [2.75, 3.05) is 0 Å². The molecule has 2 aromatic rings.